The summed E-state index contributed by atoms with van der Waals surface area (Å²) in [6, 6.07) is 8.95. The number of anilines is 1. The van der Waals surface area contributed by atoms with Crippen LogP contribution in [0.2, 0.25) is 0 Å². The van der Waals surface area contributed by atoms with Crippen molar-refractivity contribution in [3.8, 4) is 0 Å². The summed E-state index contributed by atoms with van der Waals surface area (Å²) >= 11 is 3.29. The molecule has 0 fully saturated rings. The lowest BCUT2D eigenvalue weighted by Gasteiger charge is -2.20. The van der Waals surface area contributed by atoms with E-state index in [9.17, 15) is 8.78 Å². The molecule has 5 heteroatoms. The van der Waals surface area contributed by atoms with Crippen molar-refractivity contribution < 1.29 is 8.78 Å². The third-order valence-electron chi connectivity index (χ3n) is 3.13. The summed E-state index contributed by atoms with van der Waals surface area (Å²) in [6.45, 7) is 0.369. The molecule has 0 radical (unpaired) electrons. The Kier molecular flexibility index (Phi) is 2.86. The molecule has 2 aromatic rings. The largest absolute Gasteiger partial charge is 0.318 e. The van der Waals surface area contributed by atoms with Gasteiger partial charge in [0, 0.05) is 10.0 Å². The van der Waals surface area contributed by atoms with Gasteiger partial charge in [-0.2, -0.15) is 0 Å². The van der Waals surface area contributed by atoms with Crippen LogP contribution in [0.25, 0.3) is 0 Å². The summed E-state index contributed by atoms with van der Waals surface area (Å²) in [5.74, 6) is -0.689. The first-order valence-corrected chi connectivity index (χ1v) is 6.46. The molecule has 2 nitrogen and oxygen atoms in total. The summed E-state index contributed by atoms with van der Waals surface area (Å²) in [5, 5.41) is 8.09. The van der Waals surface area contributed by atoms with Crippen LogP contribution in [-0.2, 0) is 6.54 Å². The van der Waals surface area contributed by atoms with E-state index in [1.165, 1.54) is 23.1 Å². The summed E-state index contributed by atoms with van der Waals surface area (Å²) in [5.41, 5.74) is 1.64. The van der Waals surface area contributed by atoms with E-state index >= 15 is 0 Å². The molecule has 0 unspecified atom stereocenters. The fourth-order valence-electron chi connectivity index (χ4n) is 2.24. The van der Waals surface area contributed by atoms with Crippen LogP contribution >= 0.6 is 15.9 Å². The third-order valence-corrected chi connectivity index (χ3v) is 3.77. The van der Waals surface area contributed by atoms with Gasteiger partial charge in [0.25, 0.3) is 0 Å². The molecule has 0 amide bonds. The Bertz CT molecular complexity index is 665. The summed E-state index contributed by atoms with van der Waals surface area (Å²) in [6.07, 6.45) is 0. The topological polar surface area (TPSA) is 27.1 Å². The fraction of sp³-hybridized carbons (Fsp3) is 0.0714. The molecule has 0 saturated heterocycles. The molecule has 96 valence electrons. The van der Waals surface area contributed by atoms with Gasteiger partial charge in [-0.05, 0) is 45.8 Å². The van der Waals surface area contributed by atoms with Crippen LogP contribution in [0.3, 0.4) is 0 Å². The third kappa shape index (κ3) is 1.94. The standard InChI is InChI=1S/C14H9BrF2N2/c15-11-2-1-3-12(17)13(11)19-7-8-4-5-9(16)6-10(8)14(19)18/h1-6,18H,7H2. The molecule has 0 saturated carbocycles. The minimum atomic E-state index is -0.410. The average Bonchev–Trinajstić information content (AvgIpc) is 2.67. The van der Waals surface area contributed by atoms with Crippen molar-refractivity contribution >= 4 is 27.5 Å². The van der Waals surface area contributed by atoms with E-state index in [0.29, 0.717) is 22.3 Å². The molecule has 0 aromatic heterocycles. The minimum Gasteiger partial charge on any atom is -0.318 e. The van der Waals surface area contributed by atoms with Crippen molar-refractivity contribution in [1.82, 2.24) is 0 Å². The molecule has 0 spiro atoms. The van der Waals surface area contributed by atoms with Gasteiger partial charge in [-0.3, -0.25) is 5.41 Å². The van der Waals surface area contributed by atoms with E-state index in [4.69, 9.17) is 5.41 Å². The molecule has 1 aliphatic rings. The number of amidine groups is 1. The predicted octanol–water partition coefficient (Wildman–Crippen LogP) is 4.07. The number of rotatable bonds is 1. The summed E-state index contributed by atoms with van der Waals surface area (Å²) < 4.78 is 27.7. The molecule has 0 aliphatic carbocycles. The van der Waals surface area contributed by atoms with Gasteiger partial charge in [0.1, 0.15) is 17.5 Å². The van der Waals surface area contributed by atoms with Crippen LogP contribution in [-0.4, -0.2) is 5.84 Å². The maximum atomic E-state index is 13.9. The molecule has 1 N–H and O–H groups in total. The Hall–Kier alpha value is -1.75. The number of para-hydroxylation sites is 1. The maximum absolute atomic E-state index is 13.9. The van der Waals surface area contributed by atoms with Crippen LogP contribution in [0.15, 0.2) is 40.9 Å². The highest BCUT2D eigenvalue weighted by molar-refractivity contribution is 9.10. The van der Waals surface area contributed by atoms with Crippen molar-refractivity contribution in [2.24, 2.45) is 0 Å². The van der Waals surface area contributed by atoms with E-state index in [1.54, 1.807) is 18.2 Å². The van der Waals surface area contributed by atoms with E-state index in [-0.39, 0.29) is 5.84 Å². The highest BCUT2D eigenvalue weighted by atomic mass is 79.9. The maximum Gasteiger partial charge on any atom is 0.148 e. The molecule has 0 atom stereocenters. The fourth-order valence-corrected chi connectivity index (χ4v) is 2.80. The second-order valence-electron chi connectivity index (χ2n) is 4.31. The first-order valence-electron chi connectivity index (χ1n) is 5.67. The molecule has 1 heterocycles. The Balaban J connectivity index is 2.09. The first-order chi connectivity index (χ1) is 9.08. The molecule has 2 aromatic carbocycles. The second kappa shape index (κ2) is 4.42. The summed E-state index contributed by atoms with van der Waals surface area (Å²) in [4.78, 5) is 1.53. The Morgan fingerprint density at radius 2 is 1.95 bits per heavy atom. The van der Waals surface area contributed by atoms with Crippen molar-refractivity contribution in [1.29, 1.82) is 5.41 Å². The number of hydrogen-bond acceptors (Lipinski definition) is 1. The zero-order valence-electron chi connectivity index (χ0n) is 9.75. The van der Waals surface area contributed by atoms with E-state index in [0.717, 1.165) is 5.56 Å². The van der Waals surface area contributed by atoms with Gasteiger partial charge >= 0.3 is 0 Å². The SMILES string of the molecule is N=C1c2cc(F)ccc2CN1c1c(F)cccc1Br. The molecule has 3 rings (SSSR count). The number of benzene rings is 2. The molecule has 1 aliphatic heterocycles. The van der Waals surface area contributed by atoms with Crippen molar-refractivity contribution in [2.75, 3.05) is 4.90 Å². The monoisotopic (exact) mass is 322 g/mol. The van der Waals surface area contributed by atoms with Gasteiger partial charge in [-0.25, -0.2) is 8.78 Å². The van der Waals surface area contributed by atoms with Crippen LogP contribution in [0.1, 0.15) is 11.1 Å². The quantitative estimate of drug-likeness (QED) is 0.841. The van der Waals surface area contributed by atoms with Crippen LogP contribution in [0, 0.1) is 17.0 Å². The van der Waals surface area contributed by atoms with Crippen molar-refractivity contribution in [2.45, 2.75) is 6.54 Å². The van der Waals surface area contributed by atoms with E-state index in [2.05, 4.69) is 15.9 Å². The number of halogens is 3. The van der Waals surface area contributed by atoms with E-state index in [1.807, 2.05) is 0 Å². The normalized spacial score (nSPS) is 13.8. The van der Waals surface area contributed by atoms with Gasteiger partial charge in [0.15, 0.2) is 0 Å². The number of nitrogens with zero attached hydrogens (tertiary/aromatic N) is 1. The molecular weight excluding hydrogens is 314 g/mol. The highest BCUT2D eigenvalue weighted by Crippen LogP contribution is 2.35. The molecule has 0 bridgehead atoms. The van der Waals surface area contributed by atoms with Gasteiger partial charge in [-0.1, -0.05) is 12.1 Å². The lowest BCUT2D eigenvalue weighted by atomic mass is 10.1. The Morgan fingerprint density at radius 3 is 2.68 bits per heavy atom. The van der Waals surface area contributed by atoms with Crippen LogP contribution in [0.5, 0.6) is 0 Å². The lowest BCUT2D eigenvalue weighted by Crippen LogP contribution is -2.24. The number of fused-ring (bicyclic) bond motifs is 1. The van der Waals surface area contributed by atoms with Crippen molar-refractivity contribution in [3.63, 3.8) is 0 Å². The van der Waals surface area contributed by atoms with Gasteiger partial charge < -0.3 is 4.90 Å². The predicted molar refractivity (Wildman–Crippen MR) is 73.5 cm³/mol. The average molecular weight is 323 g/mol. The first kappa shape index (κ1) is 12.3. The summed E-state index contributed by atoms with van der Waals surface area (Å²) in [7, 11) is 0. The van der Waals surface area contributed by atoms with Gasteiger partial charge in [0.2, 0.25) is 0 Å². The van der Waals surface area contributed by atoms with Crippen LogP contribution < -0.4 is 4.90 Å². The zero-order chi connectivity index (χ0) is 13.6. The second-order valence-corrected chi connectivity index (χ2v) is 5.16. The van der Waals surface area contributed by atoms with E-state index < -0.39 is 11.6 Å². The Morgan fingerprint density at radius 1 is 1.16 bits per heavy atom. The van der Waals surface area contributed by atoms with Gasteiger partial charge in [-0.15, -0.1) is 0 Å². The van der Waals surface area contributed by atoms with Crippen LogP contribution in [0.4, 0.5) is 14.5 Å². The van der Waals surface area contributed by atoms with Gasteiger partial charge in [0.05, 0.1) is 12.2 Å². The van der Waals surface area contributed by atoms with Crippen molar-refractivity contribution in [3.05, 3.63) is 63.6 Å². The molecule has 19 heavy (non-hydrogen) atoms. The zero-order valence-corrected chi connectivity index (χ0v) is 11.3. The number of nitrogens with one attached hydrogen (secondary N) is 1. The molecular formula is C14H9BrF2N2. The smallest absolute Gasteiger partial charge is 0.148 e. The number of hydrogen-bond donors (Lipinski definition) is 1. The highest BCUT2D eigenvalue weighted by Gasteiger charge is 2.28. The Labute approximate surface area is 117 Å². The minimum absolute atomic E-state index is 0.111. The lowest BCUT2D eigenvalue weighted by molar-refractivity contribution is 0.625.